The molecule has 0 unspecified atom stereocenters. The Hall–Kier alpha value is -1.62. The number of rotatable bonds is 5. The summed E-state index contributed by atoms with van der Waals surface area (Å²) in [6.45, 7) is 4.83. The predicted octanol–water partition coefficient (Wildman–Crippen LogP) is 2.95. The van der Waals surface area contributed by atoms with Gasteiger partial charge in [0.2, 0.25) is 0 Å². The molecule has 132 valence electrons. The van der Waals surface area contributed by atoms with Gasteiger partial charge in [0, 0.05) is 38.3 Å². The molecule has 0 aliphatic carbocycles. The Balaban J connectivity index is 1.40. The highest BCUT2D eigenvalue weighted by atomic mass is 19.1. The minimum atomic E-state index is -0.430. The van der Waals surface area contributed by atoms with Gasteiger partial charge in [0.1, 0.15) is 0 Å². The molecule has 5 heteroatoms. The molecule has 0 spiro atoms. The number of hydrogen-bond acceptors (Lipinski definition) is 2. The number of amides is 2. The number of hydrogen-bond donors (Lipinski definition) is 1. The van der Waals surface area contributed by atoms with Gasteiger partial charge in [0.15, 0.2) is 0 Å². The number of halogens is 1. The van der Waals surface area contributed by atoms with Crippen LogP contribution in [0.25, 0.3) is 0 Å². The average Bonchev–Trinajstić information content (AvgIpc) is 2.58. The highest BCUT2D eigenvalue weighted by Gasteiger charge is 2.35. The van der Waals surface area contributed by atoms with Crippen LogP contribution in [0.2, 0.25) is 0 Å². The van der Waals surface area contributed by atoms with Gasteiger partial charge in [0.05, 0.1) is 6.67 Å². The minimum Gasteiger partial charge on any atom is -0.381 e. The van der Waals surface area contributed by atoms with Crippen LogP contribution < -0.4 is 5.32 Å². The third-order valence-electron chi connectivity index (χ3n) is 5.34. The molecule has 0 aromatic heterocycles. The Morgan fingerprint density at radius 3 is 2.58 bits per heavy atom. The lowest BCUT2D eigenvalue weighted by Crippen LogP contribution is -2.56. The summed E-state index contributed by atoms with van der Waals surface area (Å²) >= 11 is 0. The van der Waals surface area contributed by atoms with Gasteiger partial charge in [-0.1, -0.05) is 29.8 Å². The molecular weight excluding hydrogens is 307 g/mol. The van der Waals surface area contributed by atoms with Gasteiger partial charge < -0.3 is 15.0 Å². The normalized spacial score (nSPS) is 20.5. The fourth-order valence-corrected chi connectivity index (χ4v) is 3.46. The lowest BCUT2D eigenvalue weighted by Gasteiger charge is -2.41. The fraction of sp³-hybridized carbons (Fsp3) is 0.632. The van der Waals surface area contributed by atoms with Gasteiger partial charge in [-0.25, -0.2) is 4.79 Å². The fourth-order valence-electron chi connectivity index (χ4n) is 3.46. The summed E-state index contributed by atoms with van der Waals surface area (Å²) in [4.78, 5) is 14.1. The molecular formula is C19H27FN2O2. The van der Waals surface area contributed by atoms with Crippen molar-refractivity contribution in [3.8, 4) is 0 Å². The van der Waals surface area contributed by atoms with E-state index in [0.717, 1.165) is 19.5 Å². The van der Waals surface area contributed by atoms with Gasteiger partial charge >= 0.3 is 6.03 Å². The molecule has 1 N–H and O–H groups in total. The van der Waals surface area contributed by atoms with Crippen molar-refractivity contribution in [1.29, 1.82) is 0 Å². The number of carbonyl (C=O) groups excluding carboxylic acids is 1. The topological polar surface area (TPSA) is 41.6 Å². The van der Waals surface area contributed by atoms with Crippen molar-refractivity contribution in [2.24, 2.45) is 11.3 Å². The van der Waals surface area contributed by atoms with Crippen molar-refractivity contribution in [1.82, 2.24) is 10.2 Å². The monoisotopic (exact) mass is 334 g/mol. The van der Waals surface area contributed by atoms with Crippen LogP contribution in [-0.2, 0) is 11.2 Å². The molecule has 2 aliphatic heterocycles. The lowest BCUT2D eigenvalue weighted by atomic mass is 9.81. The van der Waals surface area contributed by atoms with E-state index in [1.165, 1.54) is 11.1 Å². The zero-order valence-corrected chi connectivity index (χ0v) is 14.4. The van der Waals surface area contributed by atoms with Crippen LogP contribution in [0.5, 0.6) is 0 Å². The first-order valence-corrected chi connectivity index (χ1v) is 8.82. The van der Waals surface area contributed by atoms with Crippen molar-refractivity contribution in [3.05, 3.63) is 35.4 Å². The number of nitrogens with one attached hydrogen (secondary N) is 1. The minimum absolute atomic E-state index is 0.0607. The number of alkyl halides is 1. The van der Waals surface area contributed by atoms with Crippen molar-refractivity contribution in [3.63, 3.8) is 0 Å². The first-order valence-electron chi connectivity index (χ1n) is 8.82. The second-order valence-corrected chi connectivity index (χ2v) is 7.37. The SMILES string of the molecule is Cc1ccc(CC2CN(C(=O)NCC3(CF)CCOCC3)C2)cc1. The largest absolute Gasteiger partial charge is 0.381 e. The Kier molecular flexibility index (Phi) is 5.39. The second-order valence-electron chi connectivity index (χ2n) is 7.37. The van der Waals surface area contributed by atoms with E-state index in [-0.39, 0.29) is 6.03 Å². The standard InChI is InChI=1S/C19H27FN2O2/c1-15-2-4-16(5-3-15)10-17-11-22(12-17)18(23)21-14-19(13-20)6-8-24-9-7-19/h2-5,17H,6-14H2,1H3,(H,21,23). The molecule has 0 atom stereocenters. The zero-order valence-electron chi connectivity index (χ0n) is 14.4. The van der Waals surface area contributed by atoms with Gasteiger partial charge in [0.25, 0.3) is 0 Å². The number of benzene rings is 1. The summed E-state index contributed by atoms with van der Waals surface area (Å²) in [7, 11) is 0. The maximum atomic E-state index is 13.4. The Bertz CT molecular complexity index is 549. The molecule has 3 rings (SSSR count). The van der Waals surface area contributed by atoms with Crippen LogP contribution in [-0.4, -0.2) is 50.5 Å². The molecule has 2 heterocycles. The predicted molar refractivity (Wildman–Crippen MR) is 91.8 cm³/mol. The van der Waals surface area contributed by atoms with E-state index in [4.69, 9.17) is 4.74 Å². The van der Waals surface area contributed by atoms with Gasteiger partial charge in [-0.3, -0.25) is 4.39 Å². The van der Waals surface area contributed by atoms with Gasteiger partial charge in [-0.05, 0) is 37.7 Å². The second kappa shape index (κ2) is 7.51. The molecule has 1 aromatic rings. The molecule has 2 fully saturated rings. The van der Waals surface area contributed by atoms with Gasteiger partial charge in [-0.15, -0.1) is 0 Å². The summed E-state index contributed by atoms with van der Waals surface area (Å²) < 4.78 is 18.7. The van der Waals surface area contributed by atoms with Crippen LogP contribution in [0.4, 0.5) is 9.18 Å². The summed E-state index contributed by atoms with van der Waals surface area (Å²) in [5, 5.41) is 2.93. The number of aryl methyl sites for hydroxylation is 1. The lowest BCUT2D eigenvalue weighted by molar-refractivity contribution is 0.00235. The van der Waals surface area contributed by atoms with Crippen LogP contribution in [0.1, 0.15) is 24.0 Å². The average molecular weight is 334 g/mol. The molecule has 0 radical (unpaired) electrons. The summed E-state index contributed by atoms with van der Waals surface area (Å²) in [5.41, 5.74) is 2.16. The molecule has 1 aromatic carbocycles. The van der Waals surface area contributed by atoms with Crippen LogP contribution in [0.3, 0.4) is 0 Å². The maximum Gasteiger partial charge on any atom is 0.317 e. The maximum absolute atomic E-state index is 13.4. The quantitative estimate of drug-likeness (QED) is 0.899. The Morgan fingerprint density at radius 2 is 1.96 bits per heavy atom. The molecule has 2 saturated heterocycles. The molecule has 24 heavy (non-hydrogen) atoms. The van der Waals surface area contributed by atoms with Crippen molar-refractivity contribution >= 4 is 6.03 Å². The number of likely N-dealkylation sites (tertiary alicyclic amines) is 1. The van der Waals surface area contributed by atoms with E-state index in [0.29, 0.717) is 38.5 Å². The number of carbonyl (C=O) groups is 1. The molecule has 0 bridgehead atoms. The van der Waals surface area contributed by atoms with Crippen LogP contribution in [0.15, 0.2) is 24.3 Å². The van der Waals surface area contributed by atoms with Crippen LogP contribution >= 0.6 is 0 Å². The number of ether oxygens (including phenoxy) is 1. The van der Waals surface area contributed by atoms with Crippen molar-refractivity contribution in [2.45, 2.75) is 26.2 Å². The van der Waals surface area contributed by atoms with E-state index in [2.05, 4.69) is 36.5 Å². The zero-order chi connectivity index (χ0) is 17.0. The van der Waals surface area contributed by atoms with Gasteiger partial charge in [-0.2, -0.15) is 0 Å². The Labute approximate surface area is 143 Å². The summed E-state index contributed by atoms with van der Waals surface area (Å²) in [6, 6.07) is 8.52. The molecule has 4 nitrogen and oxygen atoms in total. The number of urea groups is 1. The van der Waals surface area contributed by atoms with Crippen molar-refractivity contribution in [2.75, 3.05) is 39.5 Å². The Morgan fingerprint density at radius 1 is 1.29 bits per heavy atom. The summed E-state index contributed by atoms with van der Waals surface area (Å²) in [5.74, 6) is 0.525. The highest BCUT2D eigenvalue weighted by Crippen LogP contribution is 2.30. The van der Waals surface area contributed by atoms with E-state index in [1.807, 2.05) is 4.90 Å². The van der Waals surface area contributed by atoms with E-state index < -0.39 is 12.1 Å². The molecule has 0 saturated carbocycles. The highest BCUT2D eigenvalue weighted by molar-refractivity contribution is 5.75. The first kappa shape index (κ1) is 17.2. The van der Waals surface area contributed by atoms with E-state index in [9.17, 15) is 9.18 Å². The smallest absolute Gasteiger partial charge is 0.317 e. The number of nitrogens with zero attached hydrogens (tertiary/aromatic N) is 1. The first-order chi connectivity index (χ1) is 11.6. The van der Waals surface area contributed by atoms with Crippen LogP contribution in [0, 0.1) is 18.3 Å². The third kappa shape index (κ3) is 4.07. The van der Waals surface area contributed by atoms with Crippen molar-refractivity contribution < 1.29 is 13.9 Å². The van der Waals surface area contributed by atoms with E-state index in [1.54, 1.807) is 0 Å². The summed E-state index contributed by atoms with van der Waals surface area (Å²) in [6.07, 6.45) is 2.37. The van der Waals surface area contributed by atoms with E-state index >= 15 is 0 Å². The molecule has 2 aliphatic rings. The molecule has 2 amide bonds. The third-order valence-corrected chi connectivity index (χ3v) is 5.34.